The molecule has 1 aromatic carbocycles. The minimum atomic E-state index is 0.350. The van der Waals surface area contributed by atoms with E-state index in [1.54, 1.807) is 0 Å². The highest BCUT2D eigenvalue weighted by molar-refractivity contribution is 14.1. The first-order chi connectivity index (χ1) is 6.83. The van der Waals surface area contributed by atoms with Gasteiger partial charge in [0, 0.05) is 16.4 Å². The summed E-state index contributed by atoms with van der Waals surface area (Å²) in [7, 11) is 0. The van der Waals surface area contributed by atoms with Crippen LogP contribution < -0.4 is 9.47 Å². The summed E-state index contributed by atoms with van der Waals surface area (Å²) in [6.07, 6.45) is 1.36. The van der Waals surface area contributed by atoms with E-state index in [-0.39, 0.29) is 0 Å². The highest BCUT2D eigenvalue weighted by Gasteiger charge is 2.21. The largest absolute Gasteiger partial charge is 0.494 e. The van der Waals surface area contributed by atoms with E-state index in [1.807, 2.05) is 19.1 Å². The van der Waals surface area contributed by atoms with Gasteiger partial charge in [-0.2, -0.15) is 0 Å². The van der Waals surface area contributed by atoms with Crippen LogP contribution in [0.4, 0.5) is 0 Å². The molecule has 0 aliphatic carbocycles. The molecule has 14 heavy (non-hydrogen) atoms. The highest BCUT2D eigenvalue weighted by Crippen LogP contribution is 2.32. The lowest BCUT2D eigenvalue weighted by atomic mass is 10.1. The normalized spacial score (nSPS) is 18.9. The molecule has 0 N–H and O–H groups in total. The van der Waals surface area contributed by atoms with Crippen LogP contribution in [-0.2, 0) is 6.42 Å². The van der Waals surface area contributed by atoms with E-state index in [4.69, 9.17) is 9.47 Å². The molecule has 1 heterocycles. The molecule has 1 aliphatic rings. The van der Waals surface area contributed by atoms with Gasteiger partial charge in [0.15, 0.2) is 0 Å². The maximum Gasteiger partial charge on any atom is 0.123 e. The monoisotopic (exact) mass is 304 g/mol. The molecule has 0 bridgehead atoms. The molecule has 0 amide bonds. The van der Waals surface area contributed by atoms with Crippen molar-refractivity contribution < 1.29 is 9.47 Å². The predicted molar refractivity (Wildman–Crippen MR) is 64.6 cm³/mol. The molecule has 0 spiro atoms. The zero-order chi connectivity index (χ0) is 9.97. The van der Waals surface area contributed by atoms with E-state index >= 15 is 0 Å². The standard InChI is InChI=1S/C11H13IO2/c1-2-13-9-3-4-11-8(5-9)6-10(7-12)14-11/h3-5,10H,2,6-7H2,1H3/t10-/m0/s1. The van der Waals surface area contributed by atoms with E-state index < -0.39 is 0 Å². The second-order valence-electron chi connectivity index (χ2n) is 3.30. The third-order valence-corrected chi connectivity index (χ3v) is 3.24. The van der Waals surface area contributed by atoms with Gasteiger partial charge in [0.05, 0.1) is 6.61 Å². The van der Waals surface area contributed by atoms with Crippen molar-refractivity contribution in [2.45, 2.75) is 19.4 Å². The maximum absolute atomic E-state index is 5.73. The summed E-state index contributed by atoms with van der Waals surface area (Å²) >= 11 is 2.36. The Kier molecular flexibility index (Phi) is 3.15. The third-order valence-electron chi connectivity index (χ3n) is 2.26. The molecule has 0 fully saturated rings. The Labute approximate surface area is 97.7 Å². The number of benzene rings is 1. The third kappa shape index (κ3) is 1.97. The van der Waals surface area contributed by atoms with Gasteiger partial charge >= 0.3 is 0 Å². The number of rotatable bonds is 3. The van der Waals surface area contributed by atoms with Crippen LogP contribution in [0.25, 0.3) is 0 Å². The molecule has 76 valence electrons. The number of alkyl halides is 1. The maximum atomic E-state index is 5.73. The number of halogens is 1. The fourth-order valence-corrected chi connectivity index (χ4v) is 2.13. The number of hydrogen-bond donors (Lipinski definition) is 0. The summed E-state index contributed by atoms with van der Waals surface area (Å²) in [4.78, 5) is 0. The topological polar surface area (TPSA) is 18.5 Å². The summed E-state index contributed by atoms with van der Waals surface area (Å²) in [5.41, 5.74) is 1.28. The zero-order valence-electron chi connectivity index (χ0n) is 8.13. The van der Waals surface area contributed by atoms with Crippen molar-refractivity contribution in [2.24, 2.45) is 0 Å². The van der Waals surface area contributed by atoms with Gasteiger partial charge in [-0.3, -0.25) is 0 Å². The molecule has 1 aliphatic heterocycles. The molecule has 0 saturated carbocycles. The minimum absolute atomic E-state index is 0.350. The first kappa shape index (κ1) is 10.1. The summed E-state index contributed by atoms with van der Waals surface area (Å²) in [6.45, 7) is 2.72. The van der Waals surface area contributed by atoms with Crippen LogP contribution >= 0.6 is 22.6 Å². The molecule has 0 aromatic heterocycles. The van der Waals surface area contributed by atoms with Gasteiger partial charge in [-0.15, -0.1) is 0 Å². The average Bonchev–Trinajstić information content (AvgIpc) is 2.60. The summed E-state index contributed by atoms with van der Waals surface area (Å²) in [6, 6.07) is 6.07. The Hall–Kier alpha value is -0.450. The molecule has 1 atom stereocenters. The molecule has 0 unspecified atom stereocenters. The SMILES string of the molecule is CCOc1ccc2c(c1)C[C@@H](CI)O2. The van der Waals surface area contributed by atoms with Crippen LogP contribution in [0.1, 0.15) is 12.5 Å². The van der Waals surface area contributed by atoms with Crippen molar-refractivity contribution >= 4 is 22.6 Å². The van der Waals surface area contributed by atoms with Gasteiger partial charge < -0.3 is 9.47 Å². The lowest BCUT2D eigenvalue weighted by molar-refractivity contribution is 0.262. The van der Waals surface area contributed by atoms with Gasteiger partial charge in [-0.05, 0) is 25.1 Å². The van der Waals surface area contributed by atoms with Crippen molar-refractivity contribution in [3.63, 3.8) is 0 Å². The fraction of sp³-hybridized carbons (Fsp3) is 0.455. The van der Waals surface area contributed by atoms with Crippen molar-refractivity contribution in [2.75, 3.05) is 11.0 Å². The van der Waals surface area contributed by atoms with Crippen molar-refractivity contribution in [3.8, 4) is 11.5 Å². The second-order valence-corrected chi connectivity index (χ2v) is 4.18. The van der Waals surface area contributed by atoms with Crippen LogP contribution in [0.5, 0.6) is 11.5 Å². The van der Waals surface area contributed by atoms with Gasteiger partial charge in [0.25, 0.3) is 0 Å². The fourth-order valence-electron chi connectivity index (χ4n) is 1.64. The van der Waals surface area contributed by atoms with Gasteiger partial charge in [0.1, 0.15) is 17.6 Å². The lowest BCUT2D eigenvalue weighted by Crippen LogP contribution is -2.13. The van der Waals surface area contributed by atoms with Crippen LogP contribution in [0.2, 0.25) is 0 Å². The van der Waals surface area contributed by atoms with Crippen molar-refractivity contribution in [1.82, 2.24) is 0 Å². The molecule has 3 heteroatoms. The van der Waals surface area contributed by atoms with E-state index in [1.165, 1.54) is 5.56 Å². The van der Waals surface area contributed by atoms with Crippen LogP contribution in [0, 0.1) is 0 Å². The lowest BCUT2D eigenvalue weighted by Gasteiger charge is -2.05. The average molecular weight is 304 g/mol. The number of hydrogen-bond acceptors (Lipinski definition) is 2. The minimum Gasteiger partial charge on any atom is -0.494 e. The van der Waals surface area contributed by atoms with E-state index in [2.05, 4.69) is 28.7 Å². The molecule has 2 nitrogen and oxygen atoms in total. The summed E-state index contributed by atoms with van der Waals surface area (Å²) in [5.74, 6) is 1.97. The van der Waals surface area contributed by atoms with Crippen molar-refractivity contribution in [1.29, 1.82) is 0 Å². The highest BCUT2D eigenvalue weighted by atomic mass is 127. The Morgan fingerprint density at radius 2 is 2.43 bits per heavy atom. The van der Waals surface area contributed by atoms with Gasteiger partial charge in [-0.1, -0.05) is 22.6 Å². The Bertz CT molecular complexity index is 325. The van der Waals surface area contributed by atoms with Crippen LogP contribution in [0.15, 0.2) is 18.2 Å². The summed E-state index contributed by atoms with van der Waals surface area (Å²) in [5, 5.41) is 0. The van der Waals surface area contributed by atoms with Gasteiger partial charge in [0.2, 0.25) is 0 Å². The smallest absolute Gasteiger partial charge is 0.123 e. The first-order valence-electron chi connectivity index (χ1n) is 4.82. The molecule has 1 aromatic rings. The van der Waals surface area contributed by atoms with Crippen LogP contribution in [0.3, 0.4) is 0 Å². The molecule has 0 radical (unpaired) electrons. The summed E-state index contributed by atoms with van der Waals surface area (Å²) < 4.78 is 12.2. The molecular weight excluding hydrogens is 291 g/mol. The van der Waals surface area contributed by atoms with E-state index in [0.717, 1.165) is 29.0 Å². The quantitative estimate of drug-likeness (QED) is 0.631. The molecular formula is C11H13IO2. The Morgan fingerprint density at radius 1 is 1.57 bits per heavy atom. The van der Waals surface area contributed by atoms with Gasteiger partial charge in [-0.25, -0.2) is 0 Å². The molecule has 0 saturated heterocycles. The van der Waals surface area contributed by atoms with E-state index in [9.17, 15) is 0 Å². The second kappa shape index (κ2) is 4.38. The zero-order valence-corrected chi connectivity index (χ0v) is 10.3. The van der Waals surface area contributed by atoms with Crippen LogP contribution in [-0.4, -0.2) is 17.1 Å². The number of fused-ring (bicyclic) bond motifs is 1. The van der Waals surface area contributed by atoms with Crippen molar-refractivity contribution in [3.05, 3.63) is 23.8 Å². The molecule has 2 rings (SSSR count). The number of ether oxygens (including phenoxy) is 2. The Morgan fingerprint density at radius 3 is 3.14 bits per heavy atom. The Balaban J connectivity index is 2.17. The predicted octanol–water partition coefficient (Wildman–Crippen LogP) is 2.82. The first-order valence-corrected chi connectivity index (χ1v) is 6.34. The van der Waals surface area contributed by atoms with E-state index in [0.29, 0.717) is 6.10 Å².